The molecule has 0 amide bonds. The third kappa shape index (κ3) is 3.69. The number of pyridine rings is 1. The number of nitrogens with one attached hydrogen (secondary N) is 1. The van der Waals surface area contributed by atoms with Crippen LogP contribution in [-0.2, 0) is 0 Å². The summed E-state index contributed by atoms with van der Waals surface area (Å²) in [5.41, 5.74) is 2.13. The first kappa shape index (κ1) is 14.3. The molecule has 19 heavy (non-hydrogen) atoms. The van der Waals surface area contributed by atoms with E-state index in [0.29, 0.717) is 5.02 Å². The van der Waals surface area contributed by atoms with E-state index in [9.17, 15) is 0 Å². The van der Waals surface area contributed by atoms with Crippen LogP contribution in [0.25, 0.3) is 0 Å². The van der Waals surface area contributed by atoms with E-state index >= 15 is 0 Å². The van der Waals surface area contributed by atoms with Gasteiger partial charge in [0.15, 0.2) is 0 Å². The van der Waals surface area contributed by atoms with E-state index in [2.05, 4.69) is 17.2 Å². The van der Waals surface area contributed by atoms with Crippen LogP contribution in [0.5, 0.6) is 0 Å². The summed E-state index contributed by atoms with van der Waals surface area (Å²) >= 11 is 12.4. The van der Waals surface area contributed by atoms with Gasteiger partial charge in [0.2, 0.25) is 0 Å². The van der Waals surface area contributed by atoms with Crippen molar-refractivity contribution in [1.82, 2.24) is 10.3 Å². The van der Waals surface area contributed by atoms with Crippen molar-refractivity contribution >= 4 is 23.2 Å². The molecule has 0 aliphatic carbocycles. The molecule has 1 aromatic carbocycles. The first-order chi connectivity index (χ1) is 9.22. The summed E-state index contributed by atoms with van der Waals surface area (Å²) in [6, 6.07) is 9.57. The highest BCUT2D eigenvalue weighted by Crippen LogP contribution is 2.30. The van der Waals surface area contributed by atoms with E-state index < -0.39 is 0 Å². The van der Waals surface area contributed by atoms with Crippen LogP contribution in [0.2, 0.25) is 10.0 Å². The Labute approximate surface area is 123 Å². The van der Waals surface area contributed by atoms with Gasteiger partial charge >= 0.3 is 0 Å². The molecule has 2 rings (SSSR count). The summed E-state index contributed by atoms with van der Waals surface area (Å²) in [6.45, 7) is 3.05. The number of nitrogens with zero attached hydrogens (tertiary/aromatic N) is 1. The summed E-state index contributed by atoms with van der Waals surface area (Å²) in [7, 11) is 0. The van der Waals surface area contributed by atoms with E-state index in [1.165, 1.54) is 0 Å². The van der Waals surface area contributed by atoms with Crippen LogP contribution in [0.1, 0.15) is 30.5 Å². The van der Waals surface area contributed by atoms with Crippen LogP contribution < -0.4 is 5.32 Å². The van der Waals surface area contributed by atoms with Crippen molar-refractivity contribution in [3.05, 3.63) is 63.9 Å². The topological polar surface area (TPSA) is 24.9 Å². The minimum Gasteiger partial charge on any atom is -0.306 e. The Balaban J connectivity index is 2.40. The molecule has 1 atom stereocenters. The SMILES string of the molecule is CCCNC(c1ccncc1)c1cc(Cl)ccc1Cl. The van der Waals surface area contributed by atoms with Crippen molar-refractivity contribution in [2.75, 3.05) is 6.54 Å². The van der Waals surface area contributed by atoms with E-state index in [4.69, 9.17) is 23.2 Å². The molecule has 0 bridgehead atoms. The zero-order chi connectivity index (χ0) is 13.7. The molecule has 0 saturated heterocycles. The molecule has 2 aromatic rings. The Morgan fingerprint density at radius 3 is 2.58 bits per heavy atom. The fourth-order valence-corrected chi connectivity index (χ4v) is 2.39. The van der Waals surface area contributed by atoms with Crippen LogP contribution in [0.3, 0.4) is 0 Å². The standard InChI is InChI=1S/C15H16Cl2N2/c1-2-7-19-15(11-5-8-18-9-6-11)13-10-12(16)3-4-14(13)17/h3-6,8-10,15,19H,2,7H2,1H3. The fraction of sp³-hybridized carbons (Fsp3) is 0.267. The average Bonchev–Trinajstić information content (AvgIpc) is 2.44. The first-order valence-electron chi connectivity index (χ1n) is 6.30. The first-order valence-corrected chi connectivity index (χ1v) is 7.06. The van der Waals surface area contributed by atoms with Crippen LogP contribution in [0.4, 0.5) is 0 Å². The van der Waals surface area contributed by atoms with Crippen molar-refractivity contribution in [2.24, 2.45) is 0 Å². The van der Waals surface area contributed by atoms with Crippen molar-refractivity contribution < 1.29 is 0 Å². The maximum absolute atomic E-state index is 6.31. The highest BCUT2D eigenvalue weighted by Gasteiger charge is 2.16. The normalized spacial score (nSPS) is 12.4. The largest absolute Gasteiger partial charge is 0.306 e. The zero-order valence-corrected chi connectivity index (χ0v) is 12.2. The second-order valence-electron chi connectivity index (χ2n) is 4.33. The van der Waals surface area contributed by atoms with Crippen LogP contribution in [-0.4, -0.2) is 11.5 Å². The molecule has 0 aliphatic rings. The van der Waals surface area contributed by atoms with E-state index in [1.807, 2.05) is 24.3 Å². The third-order valence-corrected chi connectivity index (χ3v) is 3.49. The summed E-state index contributed by atoms with van der Waals surface area (Å²) in [5.74, 6) is 0. The summed E-state index contributed by atoms with van der Waals surface area (Å²) < 4.78 is 0. The van der Waals surface area contributed by atoms with Gasteiger partial charge in [-0.3, -0.25) is 4.98 Å². The van der Waals surface area contributed by atoms with Gasteiger partial charge in [0.1, 0.15) is 0 Å². The molecule has 2 nitrogen and oxygen atoms in total. The van der Waals surface area contributed by atoms with Crippen LogP contribution >= 0.6 is 23.2 Å². The smallest absolute Gasteiger partial charge is 0.0593 e. The average molecular weight is 295 g/mol. The number of benzene rings is 1. The number of hydrogen-bond donors (Lipinski definition) is 1. The molecule has 4 heteroatoms. The lowest BCUT2D eigenvalue weighted by Crippen LogP contribution is -2.23. The van der Waals surface area contributed by atoms with Gasteiger partial charge in [-0.15, -0.1) is 0 Å². The lowest BCUT2D eigenvalue weighted by Gasteiger charge is -2.20. The molecule has 1 heterocycles. The molecule has 0 saturated carbocycles. The predicted octanol–water partition coefficient (Wildman–Crippen LogP) is 4.48. The molecule has 0 aliphatic heterocycles. The zero-order valence-electron chi connectivity index (χ0n) is 10.7. The summed E-state index contributed by atoms with van der Waals surface area (Å²) in [4.78, 5) is 4.05. The number of halogens is 2. The molecule has 0 fully saturated rings. The lowest BCUT2D eigenvalue weighted by atomic mass is 9.99. The van der Waals surface area contributed by atoms with Gasteiger partial charge in [-0.25, -0.2) is 0 Å². The quantitative estimate of drug-likeness (QED) is 0.880. The third-order valence-electron chi connectivity index (χ3n) is 2.91. The van der Waals surface area contributed by atoms with Gasteiger partial charge in [0.25, 0.3) is 0 Å². The Kier molecular flexibility index (Phi) is 5.20. The number of rotatable bonds is 5. The second-order valence-corrected chi connectivity index (χ2v) is 5.18. The highest BCUT2D eigenvalue weighted by molar-refractivity contribution is 6.33. The summed E-state index contributed by atoms with van der Waals surface area (Å²) in [5, 5.41) is 4.91. The Hall–Kier alpha value is -1.09. The van der Waals surface area contributed by atoms with Crippen molar-refractivity contribution in [3.63, 3.8) is 0 Å². The minimum absolute atomic E-state index is 0.0362. The monoisotopic (exact) mass is 294 g/mol. The molecular formula is C15H16Cl2N2. The van der Waals surface area contributed by atoms with Gasteiger partial charge < -0.3 is 5.32 Å². The minimum atomic E-state index is 0.0362. The lowest BCUT2D eigenvalue weighted by molar-refractivity contribution is 0.598. The molecule has 1 N–H and O–H groups in total. The maximum Gasteiger partial charge on any atom is 0.0593 e. The Morgan fingerprint density at radius 1 is 1.16 bits per heavy atom. The van der Waals surface area contributed by atoms with Gasteiger partial charge in [-0.05, 0) is 54.4 Å². The molecule has 1 unspecified atom stereocenters. The van der Waals surface area contributed by atoms with Gasteiger partial charge in [0, 0.05) is 22.4 Å². The molecule has 0 radical (unpaired) electrons. The Morgan fingerprint density at radius 2 is 1.89 bits per heavy atom. The summed E-state index contributed by atoms with van der Waals surface area (Å²) in [6.07, 6.45) is 4.63. The second kappa shape index (κ2) is 6.90. The maximum atomic E-state index is 6.31. The van der Waals surface area contributed by atoms with Crippen LogP contribution in [0, 0.1) is 0 Å². The van der Waals surface area contributed by atoms with Crippen molar-refractivity contribution in [3.8, 4) is 0 Å². The number of hydrogen-bond acceptors (Lipinski definition) is 2. The predicted molar refractivity (Wildman–Crippen MR) is 80.8 cm³/mol. The van der Waals surface area contributed by atoms with E-state index in [0.717, 1.165) is 29.1 Å². The molecular weight excluding hydrogens is 279 g/mol. The molecule has 1 aromatic heterocycles. The van der Waals surface area contributed by atoms with E-state index in [1.54, 1.807) is 18.5 Å². The molecule has 100 valence electrons. The van der Waals surface area contributed by atoms with Crippen LogP contribution in [0.15, 0.2) is 42.7 Å². The van der Waals surface area contributed by atoms with Crippen molar-refractivity contribution in [1.29, 1.82) is 0 Å². The molecule has 0 spiro atoms. The Bertz CT molecular complexity index is 529. The van der Waals surface area contributed by atoms with E-state index in [-0.39, 0.29) is 6.04 Å². The number of aromatic nitrogens is 1. The van der Waals surface area contributed by atoms with Gasteiger partial charge in [0.05, 0.1) is 6.04 Å². The highest BCUT2D eigenvalue weighted by atomic mass is 35.5. The van der Waals surface area contributed by atoms with Crippen molar-refractivity contribution in [2.45, 2.75) is 19.4 Å². The van der Waals surface area contributed by atoms with Gasteiger partial charge in [-0.2, -0.15) is 0 Å². The fourth-order valence-electron chi connectivity index (χ4n) is 1.99. The van der Waals surface area contributed by atoms with Gasteiger partial charge in [-0.1, -0.05) is 30.1 Å².